The first kappa shape index (κ1) is 14.7. The molecular formula is C8H5Cl2NaO4. The Balaban J connectivity index is 0. The van der Waals surface area contributed by atoms with Crippen LogP contribution in [0.4, 0.5) is 0 Å². The SMILES string of the molecule is O=C(O)c1cc(Cl)c(Cl)cc1C(=O)O.[H-].[Na+]. The molecular weight excluding hydrogens is 254 g/mol. The van der Waals surface area contributed by atoms with Gasteiger partial charge in [0, 0.05) is 0 Å². The molecule has 76 valence electrons. The summed E-state index contributed by atoms with van der Waals surface area (Å²) in [7, 11) is 0. The molecule has 0 unspecified atom stereocenters. The van der Waals surface area contributed by atoms with Crippen LogP contribution in [-0.4, -0.2) is 22.2 Å². The largest absolute Gasteiger partial charge is 1.00 e. The van der Waals surface area contributed by atoms with Crippen LogP contribution in [0.5, 0.6) is 0 Å². The number of carbonyl (C=O) groups is 2. The Bertz CT molecular complexity index is 386. The van der Waals surface area contributed by atoms with Crippen LogP contribution in [-0.2, 0) is 0 Å². The number of aromatic carboxylic acids is 2. The number of hydrogen-bond donors (Lipinski definition) is 2. The van der Waals surface area contributed by atoms with E-state index >= 15 is 0 Å². The fourth-order valence-electron chi connectivity index (χ4n) is 0.901. The average molecular weight is 259 g/mol. The van der Waals surface area contributed by atoms with Crippen molar-refractivity contribution in [3.8, 4) is 0 Å². The number of carboxylic acid groups (broad SMARTS) is 2. The number of carboxylic acids is 2. The molecule has 0 aromatic heterocycles. The summed E-state index contributed by atoms with van der Waals surface area (Å²) in [4.78, 5) is 21.2. The van der Waals surface area contributed by atoms with Crippen molar-refractivity contribution in [3.05, 3.63) is 33.3 Å². The van der Waals surface area contributed by atoms with Gasteiger partial charge in [-0.05, 0) is 12.1 Å². The summed E-state index contributed by atoms with van der Waals surface area (Å²) < 4.78 is 0. The van der Waals surface area contributed by atoms with Crippen LogP contribution in [0, 0.1) is 0 Å². The van der Waals surface area contributed by atoms with Crippen molar-refractivity contribution >= 4 is 35.1 Å². The molecule has 0 bridgehead atoms. The molecule has 0 atom stereocenters. The quantitative estimate of drug-likeness (QED) is 0.702. The van der Waals surface area contributed by atoms with Gasteiger partial charge in [0.05, 0.1) is 21.2 Å². The predicted octanol–water partition coefficient (Wildman–Crippen LogP) is -0.494. The van der Waals surface area contributed by atoms with Gasteiger partial charge < -0.3 is 11.6 Å². The van der Waals surface area contributed by atoms with E-state index in [2.05, 4.69) is 0 Å². The zero-order chi connectivity index (χ0) is 10.9. The van der Waals surface area contributed by atoms with Crippen LogP contribution in [0.3, 0.4) is 0 Å². The van der Waals surface area contributed by atoms with Gasteiger partial charge in [-0.1, -0.05) is 23.2 Å². The summed E-state index contributed by atoms with van der Waals surface area (Å²) in [5, 5.41) is 17.3. The molecule has 0 aliphatic heterocycles. The second kappa shape index (κ2) is 5.72. The standard InChI is InChI=1S/C8H4Cl2O4.Na.H/c9-5-1-3(7(11)12)4(8(13)14)2-6(5)10;;/h1-2H,(H,11,12)(H,13,14);;/q;+1;-1. The van der Waals surface area contributed by atoms with Gasteiger partial charge >= 0.3 is 41.5 Å². The van der Waals surface area contributed by atoms with Crippen molar-refractivity contribution in [1.29, 1.82) is 0 Å². The Hall–Kier alpha value is -0.260. The van der Waals surface area contributed by atoms with Gasteiger partial charge in [0.1, 0.15) is 0 Å². The van der Waals surface area contributed by atoms with Crippen LogP contribution in [0.1, 0.15) is 22.1 Å². The summed E-state index contributed by atoms with van der Waals surface area (Å²) in [6.07, 6.45) is 0. The predicted molar refractivity (Wildman–Crippen MR) is 51.5 cm³/mol. The third-order valence-electron chi connectivity index (χ3n) is 1.52. The summed E-state index contributed by atoms with van der Waals surface area (Å²) in [6.45, 7) is 0. The zero-order valence-corrected chi connectivity index (χ0v) is 11.1. The Morgan fingerprint density at radius 2 is 1.27 bits per heavy atom. The maximum atomic E-state index is 10.6. The maximum absolute atomic E-state index is 10.6. The molecule has 2 N–H and O–H groups in total. The molecule has 0 radical (unpaired) electrons. The van der Waals surface area contributed by atoms with Crippen molar-refractivity contribution in [1.82, 2.24) is 0 Å². The molecule has 7 heteroatoms. The van der Waals surface area contributed by atoms with E-state index < -0.39 is 11.9 Å². The third-order valence-corrected chi connectivity index (χ3v) is 2.24. The third kappa shape index (κ3) is 3.36. The van der Waals surface area contributed by atoms with E-state index in [0.29, 0.717) is 0 Å². The van der Waals surface area contributed by atoms with Crippen molar-refractivity contribution in [2.24, 2.45) is 0 Å². The molecule has 0 aliphatic rings. The minimum Gasteiger partial charge on any atom is -1.00 e. The molecule has 0 amide bonds. The second-order valence-corrected chi connectivity index (χ2v) is 3.24. The molecule has 4 nitrogen and oxygen atoms in total. The number of benzene rings is 1. The second-order valence-electron chi connectivity index (χ2n) is 2.42. The minimum absolute atomic E-state index is 0. The van der Waals surface area contributed by atoms with Crippen molar-refractivity contribution < 1.29 is 50.8 Å². The van der Waals surface area contributed by atoms with E-state index in [4.69, 9.17) is 33.4 Å². The Morgan fingerprint density at radius 3 is 1.47 bits per heavy atom. The Morgan fingerprint density at radius 1 is 1.00 bits per heavy atom. The van der Waals surface area contributed by atoms with E-state index in [-0.39, 0.29) is 52.2 Å². The van der Waals surface area contributed by atoms with Crippen LogP contribution in [0.15, 0.2) is 12.1 Å². The molecule has 0 heterocycles. The summed E-state index contributed by atoms with van der Waals surface area (Å²) in [5.41, 5.74) is -0.765. The van der Waals surface area contributed by atoms with Gasteiger partial charge in [0.15, 0.2) is 0 Å². The topological polar surface area (TPSA) is 74.6 Å². The molecule has 1 rings (SSSR count). The van der Waals surface area contributed by atoms with Crippen molar-refractivity contribution in [2.45, 2.75) is 0 Å². The zero-order valence-electron chi connectivity index (χ0n) is 8.62. The Kier molecular flexibility index (Phi) is 5.62. The van der Waals surface area contributed by atoms with Crippen LogP contribution in [0.25, 0.3) is 0 Å². The van der Waals surface area contributed by atoms with Crippen LogP contribution < -0.4 is 29.6 Å². The van der Waals surface area contributed by atoms with Gasteiger partial charge in [0.25, 0.3) is 0 Å². The monoisotopic (exact) mass is 258 g/mol. The summed E-state index contributed by atoms with van der Waals surface area (Å²) in [5.74, 6) is -2.72. The van der Waals surface area contributed by atoms with E-state index in [1.165, 1.54) is 0 Å². The first-order chi connectivity index (χ1) is 6.43. The average Bonchev–Trinajstić information content (AvgIpc) is 2.08. The smallest absolute Gasteiger partial charge is 1.00 e. The van der Waals surface area contributed by atoms with Gasteiger partial charge in [-0.2, -0.15) is 0 Å². The van der Waals surface area contributed by atoms with Gasteiger partial charge in [-0.15, -0.1) is 0 Å². The summed E-state index contributed by atoms with van der Waals surface area (Å²) in [6, 6.07) is 2.02. The molecule has 0 saturated carbocycles. The van der Waals surface area contributed by atoms with Crippen LogP contribution in [0.2, 0.25) is 10.0 Å². The van der Waals surface area contributed by atoms with Gasteiger partial charge in [0.2, 0.25) is 0 Å². The van der Waals surface area contributed by atoms with E-state index in [1.54, 1.807) is 0 Å². The first-order valence-corrected chi connectivity index (χ1v) is 4.14. The normalized spacial score (nSPS) is 9.20. The van der Waals surface area contributed by atoms with Crippen molar-refractivity contribution in [3.63, 3.8) is 0 Å². The van der Waals surface area contributed by atoms with E-state index in [0.717, 1.165) is 12.1 Å². The number of hydrogen-bond acceptors (Lipinski definition) is 2. The molecule has 1 aromatic carbocycles. The van der Waals surface area contributed by atoms with Gasteiger partial charge in [-0.3, -0.25) is 0 Å². The first-order valence-electron chi connectivity index (χ1n) is 3.39. The number of halogens is 2. The van der Waals surface area contributed by atoms with E-state index in [9.17, 15) is 9.59 Å². The summed E-state index contributed by atoms with van der Waals surface area (Å²) >= 11 is 11.1. The number of rotatable bonds is 2. The fourth-order valence-corrected chi connectivity index (χ4v) is 1.23. The Labute approximate surface area is 119 Å². The van der Waals surface area contributed by atoms with Gasteiger partial charge in [-0.25, -0.2) is 9.59 Å². The molecule has 0 aliphatic carbocycles. The van der Waals surface area contributed by atoms with Crippen molar-refractivity contribution in [2.75, 3.05) is 0 Å². The molecule has 0 spiro atoms. The molecule has 15 heavy (non-hydrogen) atoms. The maximum Gasteiger partial charge on any atom is 1.00 e. The van der Waals surface area contributed by atoms with Crippen LogP contribution >= 0.6 is 23.2 Å². The molecule has 0 fully saturated rings. The fraction of sp³-hybridized carbons (Fsp3) is 0. The molecule has 0 saturated heterocycles. The molecule has 1 aromatic rings. The minimum atomic E-state index is -1.36. The van der Waals surface area contributed by atoms with E-state index in [1.807, 2.05) is 0 Å².